The van der Waals surface area contributed by atoms with Crippen molar-refractivity contribution < 1.29 is 44.1 Å². The quantitative estimate of drug-likeness (QED) is 0.567. The first-order chi connectivity index (χ1) is 5.20. The number of carboxylic acid groups (broad SMARTS) is 1. The van der Waals surface area contributed by atoms with E-state index in [1.807, 2.05) is 12.3 Å². The molecule has 12 heavy (non-hydrogen) atoms. The van der Waals surface area contributed by atoms with Crippen LogP contribution in [0.2, 0.25) is 0 Å². The Labute approximate surface area is 101 Å². The second kappa shape index (κ2) is 8.04. The van der Waals surface area contributed by atoms with E-state index in [0.29, 0.717) is 4.88 Å². The topological polar surface area (TPSA) is 60.4 Å². The zero-order chi connectivity index (χ0) is 8.85. The van der Waals surface area contributed by atoms with Crippen LogP contribution in [-0.2, 0) is 0 Å². The van der Waals surface area contributed by atoms with E-state index in [4.69, 9.17) is 9.77 Å². The fraction of sp³-hybridized carbons (Fsp3) is 0.167. The molecule has 0 fully saturated rings. The molecular weight excluding hydrogens is 211 g/mol. The average molecular weight is 217 g/mol. The maximum atomic E-state index is 10.2. The van der Waals surface area contributed by atoms with Crippen molar-refractivity contribution in [3.05, 3.63) is 21.9 Å². The molecule has 0 bridgehead atoms. The van der Waals surface area contributed by atoms with Crippen molar-refractivity contribution >= 4 is 29.2 Å². The van der Waals surface area contributed by atoms with Crippen LogP contribution in [0.25, 0.3) is 0 Å². The van der Waals surface area contributed by atoms with Gasteiger partial charge in [0.2, 0.25) is 0 Å². The van der Waals surface area contributed by atoms with E-state index in [0.717, 1.165) is 5.56 Å². The van der Waals surface area contributed by atoms with Crippen molar-refractivity contribution in [2.75, 3.05) is 0 Å². The molecule has 0 spiro atoms. The second-order valence-corrected chi connectivity index (χ2v) is 2.70. The van der Waals surface area contributed by atoms with Crippen molar-refractivity contribution in [2.24, 2.45) is 0 Å². The first-order valence-corrected chi connectivity index (χ1v) is 3.83. The minimum absolute atomic E-state index is 0. The summed E-state index contributed by atoms with van der Waals surface area (Å²) in [5.74, 6) is -0.840. The third kappa shape index (κ3) is 5.13. The largest absolute Gasteiger partial charge is 1.00 e. The van der Waals surface area contributed by atoms with Gasteiger partial charge in [0, 0.05) is 0 Å². The zero-order valence-electron chi connectivity index (χ0n) is 6.70. The van der Waals surface area contributed by atoms with E-state index in [1.165, 1.54) is 11.3 Å². The van der Waals surface area contributed by atoms with E-state index in [1.54, 1.807) is 6.07 Å². The van der Waals surface area contributed by atoms with Gasteiger partial charge >= 0.3 is 35.5 Å². The number of hydrogen-bond acceptors (Lipinski definition) is 3. The number of rotatable bonds is 1. The first kappa shape index (κ1) is 14.9. The molecule has 1 N–H and O–H groups in total. The van der Waals surface area contributed by atoms with E-state index in [2.05, 4.69) is 11.9 Å². The Morgan fingerprint density at radius 1 is 1.67 bits per heavy atom. The summed E-state index contributed by atoms with van der Waals surface area (Å²) in [6.07, 6.45) is 0. The second-order valence-electron chi connectivity index (χ2n) is 1.79. The van der Waals surface area contributed by atoms with Gasteiger partial charge in [0.15, 0.2) is 0 Å². The van der Waals surface area contributed by atoms with Gasteiger partial charge in [0.1, 0.15) is 4.88 Å². The molecule has 0 unspecified atom stereocenters. The number of aryl methyl sites for hydroxylation is 1. The fourth-order valence-electron chi connectivity index (χ4n) is 0.543. The van der Waals surface area contributed by atoms with Crippen molar-refractivity contribution in [3.63, 3.8) is 0 Å². The Balaban J connectivity index is 0. The Bertz CT molecular complexity index is 238. The number of carboxylic acids is 1. The molecular formula is C6H6ClNaO3S. The van der Waals surface area contributed by atoms with Crippen LogP contribution in [0.15, 0.2) is 11.4 Å². The zero-order valence-corrected chi connectivity index (χ0v) is 10.3. The molecule has 1 aromatic rings. The number of thiophene rings is 1. The summed E-state index contributed by atoms with van der Waals surface area (Å²) in [5.41, 5.74) is 1.01. The van der Waals surface area contributed by atoms with E-state index in [9.17, 15) is 4.79 Å². The monoisotopic (exact) mass is 216 g/mol. The molecule has 0 amide bonds. The minimum atomic E-state index is -0.840. The standard InChI is InChI=1S/C6H6O2S.ClO.Na/c1-4-2-5(6(7)8)9-3-4;1-2;/h2-3H,1H3,(H,7,8);;/q;-1;+1. The maximum absolute atomic E-state index is 10.2. The molecule has 0 aliphatic carbocycles. The molecule has 0 aliphatic rings. The minimum Gasteiger partial charge on any atom is -0.769 e. The summed E-state index contributed by atoms with van der Waals surface area (Å²) in [5, 5.41) is 10.2. The van der Waals surface area contributed by atoms with Crippen molar-refractivity contribution in [2.45, 2.75) is 6.92 Å². The van der Waals surface area contributed by atoms with E-state index >= 15 is 0 Å². The van der Waals surface area contributed by atoms with Crippen LogP contribution < -0.4 is 34.2 Å². The summed E-state index contributed by atoms with van der Waals surface area (Å²) < 4.78 is 7.72. The number of halogens is 1. The van der Waals surface area contributed by atoms with Crippen molar-refractivity contribution in [3.8, 4) is 0 Å². The number of aromatic carboxylic acids is 1. The summed E-state index contributed by atoms with van der Waals surface area (Å²) >= 11 is 4.65. The normalized spacial score (nSPS) is 7.58. The van der Waals surface area contributed by atoms with Crippen LogP contribution in [0, 0.1) is 6.92 Å². The van der Waals surface area contributed by atoms with Gasteiger partial charge in [-0.15, -0.1) is 11.3 Å². The van der Waals surface area contributed by atoms with Gasteiger partial charge in [-0.05, 0) is 23.9 Å². The van der Waals surface area contributed by atoms with Crippen molar-refractivity contribution in [1.29, 1.82) is 0 Å². The van der Waals surface area contributed by atoms with Gasteiger partial charge in [-0.3, -0.25) is 0 Å². The van der Waals surface area contributed by atoms with Crippen LogP contribution in [-0.4, -0.2) is 11.1 Å². The average Bonchev–Trinajstić information content (AvgIpc) is 2.40. The summed E-state index contributed by atoms with van der Waals surface area (Å²) in [6, 6.07) is 1.66. The van der Waals surface area contributed by atoms with E-state index < -0.39 is 5.97 Å². The molecule has 1 heterocycles. The molecule has 0 saturated heterocycles. The van der Waals surface area contributed by atoms with Gasteiger partial charge in [0.25, 0.3) is 0 Å². The third-order valence-corrected chi connectivity index (χ3v) is 1.98. The van der Waals surface area contributed by atoms with Crippen LogP contribution in [0.4, 0.5) is 0 Å². The van der Waals surface area contributed by atoms with Crippen molar-refractivity contribution in [1.82, 2.24) is 0 Å². The molecule has 0 atom stereocenters. The summed E-state index contributed by atoms with van der Waals surface area (Å²) in [4.78, 5) is 10.6. The SMILES string of the molecule is Cc1csc(C(=O)O)c1.[Na+].[O-]Cl. The molecule has 6 heteroatoms. The maximum Gasteiger partial charge on any atom is 1.00 e. The number of hydrogen-bond donors (Lipinski definition) is 1. The van der Waals surface area contributed by atoms with Crippen LogP contribution in [0.3, 0.4) is 0 Å². The van der Waals surface area contributed by atoms with Crippen LogP contribution in [0.5, 0.6) is 0 Å². The molecule has 0 saturated carbocycles. The van der Waals surface area contributed by atoms with Crippen LogP contribution in [0.1, 0.15) is 15.2 Å². The van der Waals surface area contributed by atoms with Gasteiger partial charge in [-0.25, -0.2) is 16.7 Å². The van der Waals surface area contributed by atoms with Gasteiger partial charge < -0.3 is 9.77 Å². The Morgan fingerprint density at radius 2 is 2.17 bits per heavy atom. The first-order valence-electron chi connectivity index (χ1n) is 2.64. The predicted octanol–water partition coefficient (Wildman–Crippen LogP) is -1.74. The smallest absolute Gasteiger partial charge is 0.769 e. The Kier molecular flexibility index (Phi) is 9.99. The molecule has 1 rings (SSSR count). The molecule has 0 radical (unpaired) electrons. The van der Waals surface area contributed by atoms with Gasteiger partial charge in [0.05, 0.1) is 0 Å². The molecule has 0 aliphatic heterocycles. The summed E-state index contributed by atoms with van der Waals surface area (Å²) in [6.45, 7) is 1.88. The molecule has 0 aromatic carbocycles. The third-order valence-electron chi connectivity index (χ3n) is 0.941. The van der Waals surface area contributed by atoms with E-state index in [-0.39, 0.29) is 29.6 Å². The fourth-order valence-corrected chi connectivity index (χ4v) is 1.28. The molecule has 3 nitrogen and oxygen atoms in total. The molecule has 62 valence electrons. The van der Waals surface area contributed by atoms with Crippen LogP contribution >= 0.6 is 23.2 Å². The Hall–Kier alpha value is 0.420. The number of carbonyl (C=O) groups is 1. The molecule has 1 aromatic heterocycles. The predicted molar refractivity (Wildman–Crippen MR) is 41.9 cm³/mol. The van der Waals surface area contributed by atoms with Gasteiger partial charge in [-0.1, -0.05) is 0 Å². The summed E-state index contributed by atoms with van der Waals surface area (Å²) in [7, 11) is 0. The van der Waals surface area contributed by atoms with Gasteiger partial charge in [-0.2, -0.15) is 0 Å². The Morgan fingerprint density at radius 3 is 2.33 bits per heavy atom.